The third kappa shape index (κ3) is 3.01. The molecular formula is C15H20N4. The minimum absolute atomic E-state index is 0.435. The lowest BCUT2D eigenvalue weighted by molar-refractivity contribution is 0.471. The standard InChI is InChI=1S/C15H20N4/c1-11-3-5-12(6-4-11)15(13-7-8-13)16-9-14-17-10-19(2)18-14/h3-6,10,13,15-16H,7-9H2,1-2H3. The van der Waals surface area contributed by atoms with Crippen molar-refractivity contribution in [2.45, 2.75) is 32.4 Å². The molecule has 1 aromatic carbocycles. The number of rotatable bonds is 5. The van der Waals surface area contributed by atoms with Crippen molar-refractivity contribution >= 4 is 0 Å². The Hall–Kier alpha value is -1.68. The second kappa shape index (κ2) is 5.13. The van der Waals surface area contributed by atoms with Gasteiger partial charge in [0.05, 0.1) is 6.54 Å². The van der Waals surface area contributed by atoms with E-state index in [-0.39, 0.29) is 0 Å². The number of hydrogen-bond donors (Lipinski definition) is 1. The van der Waals surface area contributed by atoms with Crippen molar-refractivity contribution < 1.29 is 0 Å². The molecule has 1 heterocycles. The summed E-state index contributed by atoms with van der Waals surface area (Å²) in [5.41, 5.74) is 2.69. The number of nitrogens with zero attached hydrogens (tertiary/aromatic N) is 3. The molecule has 1 aromatic heterocycles. The number of aromatic nitrogens is 3. The molecule has 0 saturated heterocycles. The molecule has 1 unspecified atom stereocenters. The Morgan fingerprint density at radius 3 is 2.63 bits per heavy atom. The van der Waals surface area contributed by atoms with Gasteiger partial charge in [0.1, 0.15) is 6.33 Å². The number of nitrogens with one attached hydrogen (secondary N) is 1. The molecule has 0 radical (unpaired) electrons. The quantitative estimate of drug-likeness (QED) is 0.893. The van der Waals surface area contributed by atoms with Gasteiger partial charge in [-0.1, -0.05) is 29.8 Å². The van der Waals surface area contributed by atoms with Crippen molar-refractivity contribution in [3.63, 3.8) is 0 Å². The van der Waals surface area contributed by atoms with E-state index in [2.05, 4.69) is 46.6 Å². The minimum Gasteiger partial charge on any atom is -0.303 e. The van der Waals surface area contributed by atoms with Gasteiger partial charge >= 0.3 is 0 Å². The zero-order valence-electron chi connectivity index (χ0n) is 11.5. The van der Waals surface area contributed by atoms with E-state index in [1.54, 1.807) is 11.0 Å². The molecule has 4 heteroatoms. The molecule has 1 aliphatic carbocycles. The van der Waals surface area contributed by atoms with E-state index in [0.29, 0.717) is 6.04 Å². The van der Waals surface area contributed by atoms with Crippen LogP contribution in [0.5, 0.6) is 0 Å². The summed E-state index contributed by atoms with van der Waals surface area (Å²) in [5, 5.41) is 7.92. The first-order chi connectivity index (χ1) is 9.22. The van der Waals surface area contributed by atoms with Crippen LogP contribution in [0, 0.1) is 12.8 Å². The van der Waals surface area contributed by atoms with Crippen molar-refractivity contribution in [3.8, 4) is 0 Å². The summed E-state index contributed by atoms with van der Waals surface area (Å²) in [5.74, 6) is 1.63. The summed E-state index contributed by atoms with van der Waals surface area (Å²) in [7, 11) is 1.90. The van der Waals surface area contributed by atoms with Gasteiger partial charge in [-0.2, -0.15) is 5.10 Å². The predicted octanol–water partition coefficient (Wildman–Crippen LogP) is 2.36. The van der Waals surface area contributed by atoms with Crippen LogP contribution >= 0.6 is 0 Å². The molecule has 1 atom stereocenters. The van der Waals surface area contributed by atoms with Crippen molar-refractivity contribution in [3.05, 3.63) is 47.5 Å². The molecule has 0 amide bonds. The molecule has 100 valence electrons. The molecule has 2 aromatic rings. The van der Waals surface area contributed by atoms with Crippen LogP contribution in [-0.2, 0) is 13.6 Å². The van der Waals surface area contributed by atoms with Crippen LogP contribution in [0.3, 0.4) is 0 Å². The van der Waals surface area contributed by atoms with E-state index >= 15 is 0 Å². The summed E-state index contributed by atoms with van der Waals surface area (Å²) < 4.78 is 1.75. The van der Waals surface area contributed by atoms with Gasteiger partial charge in [-0.25, -0.2) is 4.98 Å². The molecule has 1 N–H and O–H groups in total. The third-order valence-corrected chi connectivity index (χ3v) is 3.66. The van der Waals surface area contributed by atoms with E-state index in [0.717, 1.165) is 18.3 Å². The number of benzene rings is 1. The van der Waals surface area contributed by atoms with Gasteiger partial charge in [0.2, 0.25) is 0 Å². The van der Waals surface area contributed by atoms with Crippen LogP contribution in [-0.4, -0.2) is 14.8 Å². The van der Waals surface area contributed by atoms with Crippen LogP contribution in [0.4, 0.5) is 0 Å². The van der Waals surface area contributed by atoms with E-state index < -0.39 is 0 Å². The largest absolute Gasteiger partial charge is 0.303 e. The second-order valence-corrected chi connectivity index (χ2v) is 5.44. The Morgan fingerprint density at radius 1 is 1.32 bits per heavy atom. The van der Waals surface area contributed by atoms with Gasteiger partial charge in [-0.05, 0) is 31.2 Å². The van der Waals surface area contributed by atoms with E-state index in [1.165, 1.54) is 24.0 Å². The normalized spacial score (nSPS) is 16.5. The maximum Gasteiger partial charge on any atom is 0.164 e. The molecule has 1 aliphatic rings. The fourth-order valence-corrected chi connectivity index (χ4v) is 2.43. The summed E-state index contributed by atoms with van der Waals surface area (Å²) >= 11 is 0. The molecule has 3 rings (SSSR count). The smallest absolute Gasteiger partial charge is 0.164 e. The molecule has 0 aliphatic heterocycles. The highest BCUT2D eigenvalue weighted by Gasteiger charge is 2.32. The fourth-order valence-electron chi connectivity index (χ4n) is 2.43. The minimum atomic E-state index is 0.435. The van der Waals surface area contributed by atoms with Crippen LogP contribution in [0.15, 0.2) is 30.6 Å². The van der Waals surface area contributed by atoms with Gasteiger partial charge < -0.3 is 5.32 Å². The third-order valence-electron chi connectivity index (χ3n) is 3.66. The summed E-state index contributed by atoms with van der Waals surface area (Å²) in [6.45, 7) is 2.86. The van der Waals surface area contributed by atoms with E-state index in [4.69, 9.17) is 0 Å². The Kier molecular flexibility index (Phi) is 3.34. The lowest BCUT2D eigenvalue weighted by atomic mass is 10.0. The van der Waals surface area contributed by atoms with Gasteiger partial charge in [-0.3, -0.25) is 4.68 Å². The number of hydrogen-bond acceptors (Lipinski definition) is 3. The van der Waals surface area contributed by atoms with Gasteiger partial charge in [0.15, 0.2) is 5.82 Å². The average Bonchev–Trinajstić information content (AvgIpc) is 3.15. The van der Waals surface area contributed by atoms with Gasteiger partial charge in [-0.15, -0.1) is 0 Å². The first-order valence-corrected chi connectivity index (χ1v) is 6.87. The van der Waals surface area contributed by atoms with Crippen molar-refractivity contribution in [2.24, 2.45) is 13.0 Å². The van der Waals surface area contributed by atoms with Crippen molar-refractivity contribution in [1.29, 1.82) is 0 Å². The van der Waals surface area contributed by atoms with Crippen molar-refractivity contribution in [1.82, 2.24) is 20.1 Å². The van der Waals surface area contributed by atoms with Gasteiger partial charge in [0.25, 0.3) is 0 Å². The Morgan fingerprint density at radius 2 is 2.05 bits per heavy atom. The second-order valence-electron chi connectivity index (χ2n) is 5.44. The average molecular weight is 256 g/mol. The SMILES string of the molecule is Cc1ccc(C(NCc2ncn(C)n2)C2CC2)cc1. The molecule has 4 nitrogen and oxygen atoms in total. The summed E-state index contributed by atoms with van der Waals surface area (Å²) in [4.78, 5) is 4.26. The van der Waals surface area contributed by atoms with Crippen molar-refractivity contribution in [2.75, 3.05) is 0 Å². The Balaban J connectivity index is 1.69. The summed E-state index contributed by atoms with van der Waals surface area (Å²) in [6, 6.07) is 9.27. The lowest BCUT2D eigenvalue weighted by Gasteiger charge is -2.18. The first-order valence-electron chi connectivity index (χ1n) is 6.87. The Labute approximate surface area is 113 Å². The molecule has 1 fully saturated rings. The van der Waals surface area contributed by atoms with Crippen LogP contribution in [0.25, 0.3) is 0 Å². The lowest BCUT2D eigenvalue weighted by Crippen LogP contribution is -2.23. The topological polar surface area (TPSA) is 42.7 Å². The highest BCUT2D eigenvalue weighted by atomic mass is 15.3. The Bertz CT molecular complexity index is 540. The number of aryl methyl sites for hydroxylation is 2. The molecule has 19 heavy (non-hydrogen) atoms. The van der Waals surface area contributed by atoms with Crippen LogP contribution in [0.2, 0.25) is 0 Å². The summed E-state index contributed by atoms with van der Waals surface area (Å²) in [6.07, 6.45) is 4.39. The molecule has 0 spiro atoms. The maximum absolute atomic E-state index is 4.31. The highest BCUT2D eigenvalue weighted by Crippen LogP contribution is 2.41. The monoisotopic (exact) mass is 256 g/mol. The van der Waals surface area contributed by atoms with Crippen LogP contribution in [0.1, 0.15) is 35.8 Å². The molecular weight excluding hydrogens is 236 g/mol. The fraction of sp³-hybridized carbons (Fsp3) is 0.467. The van der Waals surface area contributed by atoms with Crippen LogP contribution < -0.4 is 5.32 Å². The maximum atomic E-state index is 4.31. The molecule has 1 saturated carbocycles. The molecule has 0 bridgehead atoms. The highest BCUT2D eigenvalue weighted by molar-refractivity contribution is 5.25. The van der Waals surface area contributed by atoms with Gasteiger partial charge in [0, 0.05) is 13.1 Å². The zero-order valence-corrected chi connectivity index (χ0v) is 11.5. The predicted molar refractivity (Wildman–Crippen MR) is 74.5 cm³/mol. The van der Waals surface area contributed by atoms with E-state index in [1.807, 2.05) is 7.05 Å². The van der Waals surface area contributed by atoms with E-state index in [9.17, 15) is 0 Å². The zero-order chi connectivity index (χ0) is 13.2. The first kappa shape index (κ1) is 12.4.